The number of fused-ring (bicyclic) bond motifs is 1. The lowest BCUT2D eigenvalue weighted by Gasteiger charge is -2.21. The first kappa shape index (κ1) is 7.29. The second-order valence-electron chi connectivity index (χ2n) is 4.16. The number of tetrazole rings is 1. The molecule has 3 rings (SSSR count). The van der Waals surface area contributed by atoms with Gasteiger partial charge in [-0.25, -0.2) is 0 Å². The monoisotopic (exact) mass is 179 g/mol. The smallest absolute Gasteiger partial charge is 0.263 e. The molecule has 5 nitrogen and oxygen atoms in total. The molecule has 2 fully saturated rings. The number of nitrogens with one attached hydrogen (secondary N) is 2. The Balaban J connectivity index is 1.73. The number of aromatic nitrogens is 4. The van der Waals surface area contributed by atoms with E-state index < -0.39 is 0 Å². The second-order valence-corrected chi connectivity index (χ2v) is 4.16. The maximum atomic E-state index is 3.92. The minimum absolute atomic E-state index is 0.335. The number of hydrogen-bond acceptors (Lipinski definition) is 4. The van der Waals surface area contributed by atoms with E-state index in [9.17, 15) is 0 Å². The number of anilines is 1. The van der Waals surface area contributed by atoms with Crippen molar-refractivity contribution in [2.24, 2.45) is 5.92 Å². The quantitative estimate of drug-likeness (QED) is 0.709. The molecule has 2 N–H and O–H groups in total. The highest BCUT2D eigenvalue weighted by Crippen LogP contribution is 2.54. The van der Waals surface area contributed by atoms with Gasteiger partial charge in [0.05, 0.1) is 0 Å². The molecular formula is C8H13N5. The molecule has 1 aromatic heterocycles. The van der Waals surface area contributed by atoms with E-state index in [1.54, 1.807) is 0 Å². The van der Waals surface area contributed by atoms with Crippen LogP contribution in [0.25, 0.3) is 0 Å². The molecule has 0 aromatic carbocycles. The fraction of sp³-hybridized carbons (Fsp3) is 0.875. The maximum absolute atomic E-state index is 3.92. The van der Waals surface area contributed by atoms with E-state index in [-0.39, 0.29) is 0 Å². The molecule has 2 saturated carbocycles. The topological polar surface area (TPSA) is 66.5 Å². The average Bonchev–Trinajstić information content (AvgIpc) is 2.63. The predicted molar refractivity (Wildman–Crippen MR) is 47.1 cm³/mol. The van der Waals surface area contributed by atoms with Crippen molar-refractivity contribution in [3.63, 3.8) is 0 Å². The van der Waals surface area contributed by atoms with Crippen LogP contribution in [0.2, 0.25) is 0 Å². The van der Waals surface area contributed by atoms with Crippen molar-refractivity contribution in [3.8, 4) is 0 Å². The minimum Gasteiger partial charge on any atom is -0.346 e. The molecule has 0 radical (unpaired) electrons. The van der Waals surface area contributed by atoms with E-state index in [1.165, 1.54) is 32.1 Å². The molecule has 2 atom stereocenters. The van der Waals surface area contributed by atoms with Crippen molar-refractivity contribution >= 4 is 5.95 Å². The summed E-state index contributed by atoms with van der Waals surface area (Å²) >= 11 is 0. The van der Waals surface area contributed by atoms with Gasteiger partial charge in [0.15, 0.2) is 0 Å². The Labute approximate surface area is 76.3 Å². The van der Waals surface area contributed by atoms with Gasteiger partial charge in [0.2, 0.25) is 0 Å². The van der Waals surface area contributed by atoms with Gasteiger partial charge in [-0.2, -0.15) is 5.21 Å². The normalized spacial score (nSPS) is 36.8. The number of hydrogen-bond donors (Lipinski definition) is 2. The van der Waals surface area contributed by atoms with Crippen LogP contribution in [0.5, 0.6) is 0 Å². The molecule has 0 saturated heterocycles. The van der Waals surface area contributed by atoms with Crippen LogP contribution in [0.1, 0.15) is 32.1 Å². The largest absolute Gasteiger partial charge is 0.346 e. The molecule has 70 valence electrons. The highest BCUT2D eigenvalue weighted by molar-refractivity contribution is 5.33. The Hall–Kier alpha value is -1.13. The van der Waals surface area contributed by atoms with E-state index in [1.807, 2.05) is 0 Å². The van der Waals surface area contributed by atoms with Gasteiger partial charge in [-0.3, -0.25) is 0 Å². The molecule has 0 spiro atoms. The first-order valence-corrected chi connectivity index (χ1v) is 4.91. The number of nitrogens with zero attached hydrogens (tertiary/aromatic N) is 3. The zero-order valence-corrected chi connectivity index (χ0v) is 7.45. The molecule has 2 aliphatic carbocycles. The highest BCUT2D eigenvalue weighted by Gasteiger charge is 2.55. The SMILES string of the molecule is C1CCC2(Nc3nn[nH]n3)CC2C1. The van der Waals surface area contributed by atoms with Crippen molar-refractivity contribution in [3.05, 3.63) is 0 Å². The summed E-state index contributed by atoms with van der Waals surface area (Å²) in [4.78, 5) is 0. The molecule has 0 aliphatic heterocycles. The lowest BCUT2D eigenvalue weighted by Crippen LogP contribution is -2.27. The Bertz CT molecular complexity index is 295. The lowest BCUT2D eigenvalue weighted by atomic mass is 9.95. The van der Waals surface area contributed by atoms with Gasteiger partial charge in [0, 0.05) is 5.54 Å². The molecule has 1 heterocycles. The van der Waals surface area contributed by atoms with Crippen molar-refractivity contribution < 1.29 is 0 Å². The zero-order valence-electron chi connectivity index (χ0n) is 7.45. The summed E-state index contributed by atoms with van der Waals surface area (Å²) in [6, 6.07) is 0. The van der Waals surface area contributed by atoms with Gasteiger partial charge in [0.1, 0.15) is 0 Å². The number of H-pyrrole nitrogens is 1. The Morgan fingerprint density at radius 1 is 1.46 bits per heavy atom. The summed E-state index contributed by atoms with van der Waals surface area (Å²) in [6.45, 7) is 0. The summed E-state index contributed by atoms with van der Waals surface area (Å²) < 4.78 is 0. The first-order valence-electron chi connectivity index (χ1n) is 4.91. The zero-order chi connectivity index (χ0) is 8.73. The van der Waals surface area contributed by atoms with Crippen LogP contribution in [0.4, 0.5) is 5.95 Å². The molecule has 13 heavy (non-hydrogen) atoms. The fourth-order valence-electron chi connectivity index (χ4n) is 2.55. The summed E-state index contributed by atoms with van der Waals surface area (Å²) in [5.41, 5.74) is 0.335. The Morgan fingerprint density at radius 3 is 3.23 bits per heavy atom. The summed E-state index contributed by atoms with van der Waals surface area (Å²) in [6.07, 6.45) is 6.65. The van der Waals surface area contributed by atoms with Gasteiger partial charge in [-0.05, 0) is 30.4 Å². The standard InChI is InChI=1S/C8H13N5/c1-2-4-8(5-6(8)3-1)9-7-10-12-13-11-7/h6H,1-5H2,(H2,9,10,11,12,13). The predicted octanol–water partition coefficient (Wildman–Crippen LogP) is 0.944. The van der Waals surface area contributed by atoms with Gasteiger partial charge in [0.25, 0.3) is 5.95 Å². The van der Waals surface area contributed by atoms with E-state index in [2.05, 4.69) is 25.9 Å². The molecule has 2 unspecified atom stereocenters. The summed E-state index contributed by atoms with van der Waals surface area (Å²) in [5, 5.41) is 17.2. The molecule has 5 heteroatoms. The van der Waals surface area contributed by atoms with Gasteiger partial charge in [-0.15, -0.1) is 5.10 Å². The fourth-order valence-corrected chi connectivity index (χ4v) is 2.55. The van der Waals surface area contributed by atoms with Crippen molar-refractivity contribution in [1.29, 1.82) is 0 Å². The van der Waals surface area contributed by atoms with Crippen LogP contribution in [0.15, 0.2) is 0 Å². The van der Waals surface area contributed by atoms with E-state index >= 15 is 0 Å². The van der Waals surface area contributed by atoms with Crippen LogP contribution in [0.3, 0.4) is 0 Å². The highest BCUT2D eigenvalue weighted by atomic mass is 15.5. The van der Waals surface area contributed by atoms with E-state index in [0.29, 0.717) is 11.5 Å². The molecule has 2 aliphatic rings. The Morgan fingerprint density at radius 2 is 2.46 bits per heavy atom. The van der Waals surface area contributed by atoms with Crippen LogP contribution >= 0.6 is 0 Å². The second kappa shape index (κ2) is 2.43. The molecule has 0 amide bonds. The van der Waals surface area contributed by atoms with Gasteiger partial charge >= 0.3 is 0 Å². The van der Waals surface area contributed by atoms with Crippen LogP contribution < -0.4 is 5.32 Å². The third-order valence-electron chi connectivity index (χ3n) is 3.36. The van der Waals surface area contributed by atoms with Crippen LogP contribution in [-0.4, -0.2) is 26.2 Å². The summed E-state index contributed by atoms with van der Waals surface area (Å²) in [7, 11) is 0. The number of rotatable bonds is 2. The van der Waals surface area contributed by atoms with Crippen molar-refractivity contribution in [1.82, 2.24) is 20.6 Å². The van der Waals surface area contributed by atoms with Crippen LogP contribution in [0, 0.1) is 5.92 Å². The maximum Gasteiger partial charge on any atom is 0.263 e. The van der Waals surface area contributed by atoms with Crippen molar-refractivity contribution in [2.45, 2.75) is 37.6 Å². The minimum atomic E-state index is 0.335. The number of aromatic amines is 1. The lowest BCUT2D eigenvalue weighted by molar-refractivity contribution is 0.448. The summed E-state index contributed by atoms with van der Waals surface area (Å²) in [5.74, 6) is 1.52. The van der Waals surface area contributed by atoms with Gasteiger partial charge in [-0.1, -0.05) is 17.9 Å². The molecule has 0 bridgehead atoms. The Kier molecular flexibility index (Phi) is 1.36. The van der Waals surface area contributed by atoms with Gasteiger partial charge < -0.3 is 5.32 Å². The molecular weight excluding hydrogens is 166 g/mol. The third-order valence-corrected chi connectivity index (χ3v) is 3.36. The average molecular weight is 179 g/mol. The third kappa shape index (κ3) is 1.10. The molecule has 1 aromatic rings. The van der Waals surface area contributed by atoms with Crippen molar-refractivity contribution in [2.75, 3.05) is 5.32 Å². The van der Waals surface area contributed by atoms with E-state index in [4.69, 9.17) is 0 Å². The van der Waals surface area contributed by atoms with Crippen LogP contribution in [-0.2, 0) is 0 Å². The first-order chi connectivity index (χ1) is 6.39. The van der Waals surface area contributed by atoms with E-state index in [0.717, 1.165) is 5.92 Å².